The molecular formula is C30H35NO5. The lowest BCUT2D eigenvalue weighted by Gasteiger charge is -2.37. The number of hydrogen-bond donors (Lipinski definition) is 1. The molecule has 6 nitrogen and oxygen atoms in total. The number of methoxy groups -OCH3 is 2. The molecule has 0 radical (unpaired) electrons. The van der Waals surface area contributed by atoms with E-state index < -0.39 is 5.92 Å². The Hall–Kier alpha value is -3.54. The van der Waals surface area contributed by atoms with Crippen LogP contribution in [0.4, 0.5) is 0 Å². The molecule has 1 N–H and O–H groups in total. The van der Waals surface area contributed by atoms with E-state index in [0.29, 0.717) is 35.5 Å². The van der Waals surface area contributed by atoms with Gasteiger partial charge >= 0.3 is 5.97 Å². The van der Waals surface area contributed by atoms with Crippen LogP contribution in [-0.2, 0) is 14.3 Å². The topological polar surface area (TPSA) is 73.9 Å². The Morgan fingerprint density at radius 2 is 1.78 bits per heavy atom. The molecule has 0 spiro atoms. The molecule has 6 heteroatoms. The minimum absolute atomic E-state index is 0.0110. The van der Waals surface area contributed by atoms with Gasteiger partial charge in [-0.3, -0.25) is 4.79 Å². The van der Waals surface area contributed by atoms with Crippen LogP contribution in [-0.4, -0.2) is 32.1 Å². The van der Waals surface area contributed by atoms with Crippen molar-refractivity contribution in [1.29, 1.82) is 0 Å². The molecule has 190 valence electrons. The second-order valence-electron chi connectivity index (χ2n) is 9.67. The number of carbonyl (C=O) groups excluding carboxylic acids is 2. The number of rotatable bonds is 7. The second-order valence-corrected chi connectivity index (χ2v) is 9.67. The third kappa shape index (κ3) is 4.90. The Morgan fingerprint density at radius 3 is 2.44 bits per heavy atom. The fourth-order valence-corrected chi connectivity index (χ4v) is 5.16. The van der Waals surface area contributed by atoms with Crippen molar-refractivity contribution in [3.05, 3.63) is 81.7 Å². The van der Waals surface area contributed by atoms with Gasteiger partial charge in [-0.2, -0.15) is 0 Å². The molecule has 0 aromatic heterocycles. The number of nitrogens with one attached hydrogen (secondary N) is 1. The normalized spacial score (nSPS) is 20.4. The lowest BCUT2D eigenvalue weighted by Crippen LogP contribution is -2.36. The van der Waals surface area contributed by atoms with Gasteiger partial charge in [-0.05, 0) is 62.8 Å². The Bertz CT molecular complexity index is 1240. The monoisotopic (exact) mass is 489 g/mol. The van der Waals surface area contributed by atoms with Crippen molar-refractivity contribution in [2.45, 2.75) is 64.9 Å². The lowest BCUT2D eigenvalue weighted by atomic mass is 9.71. The molecule has 0 unspecified atom stereocenters. The van der Waals surface area contributed by atoms with Crippen molar-refractivity contribution in [2.75, 3.05) is 14.2 Å². The highest BCUT2D eigenvalue weighted by Crippen LogP contribution is 2.46. The molecule has 4 rings (SSSR count). The summed E-state index contributed by atoms with van der Waals surface area (Å²) in [5.74, 6) is 0.489. The molecule has 0 fully saturated rings. The van der Waals surface area contributed by atoms with Crippen molar-refractivity contribution >= 4 is 11.8 Å². The summed E-state index contributed by atoms with van der Waals surface area (Å²) < 4.78 is 16.6. The summed E-state index contributed by atoms with van der Waals surface area (Å²) in [6.07, 6.45) is 1.53. The summed E-state index contributed by atoms with van der Waals surface area (Å²) in [5, 5.41) is 3.42. The van der Waals surface area contributed by atoms with Gasteiger partial charge in [0.15, 0.2) is 17.3 Å². The Morgan fingerprint density at radius 1 is 1.03 bits per heavy atom. The van der Waals surface area contributed by atoms with E-state index in [1.165, 1.54) is 0 Å². The maximum Gasteiger partial charge on any atom is 0.337 e. The van der Waals surface area contributed by atoms with E-state index in [1.54, 1.807) is 14.2 Å². The van der Waals surface area contributed by atoms with Gasteiger partial charge in [0.25, 0.3) is 0 Å². The van der Waals surface area contributed by atoms with Crippen molar-refractivity contribution < 1.29 is 23.8 Å². The summed E-state index contributed by atoms with van der Waals surface area (Å²) in [7, 11) is 3.21. The zero-order valence-corrected chi connectivity index (χ0v) is 21.9. The summed E-state index contributed by atoms with van der Waals surface area (Å²) in [6, 6.07) is 13.8. The van der Waals surface area contributed by atoms with Gasteiger partial charge in [-0.25, -0.2) is 4.79 Å². The van der Waals surface area contributed by atoms with E-state index in [0.717, 1.165) is 34.5 Å². The van der Waals surface area contributed by atoms with Crippen molar-refractivity contribution in [3.63, 3.8) is 0 Å². The van der Waals surface area contributed by atoms with Gasteiger partial charge in [0.2, 0.25) is 0 Å². The van der Waals surface area contributed by atoms with Crippen LogP contribution in [0, 0.1) is 6.92 Å². The highest BCUT2D eigenvalue weighted by Gasteiger charge is 2.41. The summed E-state index contributed by atoms with van der Waals surface area (Å²) in [6.45, 7) is 7.78. The van der Waals surface area contributed by atoms with Crippen LogP contribution in [0.25, 0.3) is 0 Å². The SMILES string of the molecule is CC[C@@H](C)OC(=O)C1=C(C)NC2=C(C(=O)C[C@@H](c3ccc(OC)c(OC)c3)C2)[C@@H]1c1cccc(C)c1. The van der Waals surface area contributed by atoms with E-state index in [9.17, 15) is 9.59 Å². The van der Waals surface area contributed by atoms with E-state index in [1.807, 2.05) is 64.1 Å². The smallest absolute Gasteiger partial charge is 0.337 e. The molecule has 0 amide bonds. The van der Waals surface area contributed by atoms with E-state index in [4.69, 9.17) is 14.2 Å². The van der Waals surface area contributed by atoms with Crippen LogP contribution >= 0.6 is 0 Å². The van der Waals surface area contributed by atoms with Crippen molar-refractivity contribution in [2.24, 2.45) is 0 Å². The quantitative estimate of drug-likeness (QED) is 0.502. The van der Waals surface area contributed by atoms with Gasteiger partial charge in [-0.15, -0.1) is 0 Å². The van der Waals surface area contributed by atoms with Crippen molar-refractivity contribution in [1.82, 2.24) is 5.32 Å². The number of esters is 1. The van der Waals surface area contributed by atoms with Gasteiger partial charge in [0, 0.05) is 29.3 Å². The number of carbonyl (C=O) groups is 2. The fourth-order valence-electron chi connectivity index (χ4n) is 5.16. The van der Waals surface area contributed by atoms with Gasteiger partial charge in [-0.1, -0.05) is 42.8 Å². The molecule has 1 aliphatic carbocycles. The van der Waals surface area contributed by atoms with E-state index in [2.05, 4.69) is 11.4 Å². The predicted octanol–water partition coefficient (Wildman–Crippen LogP) is 5.72. The summed E-state index contributed by atoms with van der Waals surface area (Å²) in [4.78, 5) is 27.1. The minimum atomic E-state index is -0.462. The first kappa shape index (κ1) is 25.5. The molecular weight excluding hydrogens is 454 g/mol. The molecule has 0 saturated heterocycles. The highest BCUT2D eigenvalue weighted by atomic mass is 16.5. The first-order chi connectivity index (χ1) is 17.3. The average molecular weight is 490 g/mol. The minimum Gasteiger partial charge on any atom is -0.493 e. The molecule has 2 aromatic rings. The molecule has 36 heavy (non-hydrogen) atoms. The van der Waals surface area contributed by atoms with Crippen LogP contribution in [0.2, 0.25) is 0 Å². The molecule has 1 heterocycles. The summed E-state index contributed by atoms with van der Waals surface area (Å²) >= 11 is 0. The zero-order chi connectivity index (χ0) is 26.0. The number of allylic oxidation sites excluding steroid dienone is 3. The molecule has 3 atom stereocenters. The van der Waals surface area contributed by atoms with Crippen LogP contribution in [0.5, 0.6) is 11.5 Å². The van der Waals surface area contributed by atoms with Crippen LogP contribution in [0.3, 0.4) is 0 Å². The maximum atomic E-state index is 13.8. The van der Waals surface area contributed by atoms with Crippen molar-refractivity contribution in [3.8, 4) is 11.5 Å². The zero-order valence-electron chi connectivity index (χ0n) is 21.9. The second kappa shape index (κ2) is 10.6. The molecule has 0 bridgehead atoms. The number of hydrogen-bond acceptors (Lipinski definition) is 6. The molecule has 1 aliphatic heterocycles. The average Bonchev–Trinajstić information content (AvgIpc) is 2.86. The van der Waals surface area contributed by atoms with Crippen LogP contribution in [0.15, 0.2) is 65.0 Å². The molecule has 2 aromatic carbocycles. The number of ether oxygens (including phenoxy) is 3. The van der Waals surface area contributed by atoms with Crippen LogP contribution < -0.4 is 14.8 Å². The Balaban J connectivity index is 1.76. The van der Waals surface area contributed by atoms with Crippen LogP contribution in [0.1, 0.15) is 68.6 Å². The van der Waals surface area contributed by atoms with Gasteiger partial charge < -0.3 is 19.5 Å². The fraction of sp³-hybridized carbons (Fsp3) is 0.400. The first-order valence-corrected chi connectivity index (χ1v) is 12.5. The lowest BCUT2D eigenvalue weighted by molar-refractivity contribution is -0.144. The maximum absolute atomic E-state index is 13.8. The first-order valence-electron chi connectivity index (χ1n) is 12.5. The Kier molecular flexibility index (Phi) is 7.53. The standard InChI is InChI=1S/C30H35NO5/c1-7-18(3)36-30(33)27-19(4)31-23-14-22(20-11-12-25(34-5)26(16-20)35-6)15-24(32)29(23)28(27)21-10-8-9-17(2)13-21/h8-13,16,18,22,28,31H,7,14-15H2,1-6H3/t18-,22+,28-/m1/s1. The third-order valence-corrected chi connectivity index (χ3v) is 7.19. The Labute approximate surface area is 213 Å². The predicted molar refractivity (Wildman–Crippen MR) is 139 cm³/mol. The van der Waals surface area contributed by atoms with E-state index >= 15 is 0 Å². The number of benzene rings is 2. The molecule has 2 aliphatic rings. The largest absolute Gasteiger partial charge is 0.493 e. The summed E-state index contributed by atoms with van der Waals surface area (Å²) in [5.41, 5.74) is 5.80. The molecule has 0 saturated carbocycles. The number of ketones is 1. The number of dihydropyridines is 1. The third-order valence-electron chi connectivity index (χ3n) is 7.19. The number of Topliss-reactive ketones (excluding diaryl/α,β-unsaturated/α-hetero) is 1. The van der Waals surface area contributed by atoms with E-state index in [-0.39, 0.29) is 23.8 Å². The van der Waals surface area contributed by atoms with Gasteiger partial charge in [0.05, 0.1) is 25.9 Å². The number of aryl methyl sites for hydroxylation is 1. The highest BCUT2D eigenvalue weighted by molar-refractivity contribution is 6.04. The van der Waals surface area contributed by atoms with Gasteiger partial charge in [0.1, 0.15) is 0 Å².